The second-order valence-electron chi connectivity index (χ2n) is 5.34. The Morgan fingerprint density at radius 3 is 3.39 bits per heavy atom. The van der Waals surface area contributed by atoms with Gasteiger partial charge in [-0.2, -0.15) is 0 Å². The summed E-state index contributed by atoms with van der Waals surface area (Å²) >= 11 is 0. The monoisotopic (exact) mass is 243 g/mol. The number of nitrogens with one attached hydrogen (secondary N) is 1. The molecule has 2 aromatic rings. The molecule has 2 saturated heterocycles. The first kappa shape index (κ1) is 10.4. The molecule has 2 fully saturated rings. The molecule has 2 unspecified atom stereocenters. The molecule has 4 rings (SSSR count). The average molecular weight is 243 g/mol. The minimum absolute atomic E-state index is 0.738. The van der Waals surface area contributed by atoms with Gasteiger partial charge in [-0.3, -0.25) is 4.98 Å². The molecule has 0 aliphatic carbocycles. The lowest BCUT2D eigenvalue weighted by atomic mass is 9.93. The van der Waals surface area contributed by atoms with E-state index in [4.69, 9.17) is 4.42 Å². The third-order valence-electron chi connectivity index (χ3n) is 4.31. The molecule has 0 saturated carbocycles. The predicted molar refractivity (Wildman–Crippen MR) is 70.7 cm³/mol. The first-order valence-corrected chi connectivity index (χ1v) is 6.72. The molecule has 4 nitrogen and oxygen atoms in total. The van der Waals surface area contributed by atoms with Gasteiger partial charge in [-0.1, -0.05) is 0 Å². The van der Waals surface area contributed by atoms with Gasteiger partial charge in [-0.25, -0.2) is 0 Å². The van der Waals surface area contributed by atoms with E-state index in [9.17, 15) is 0 Å². The first-order valence-electron chi connectivity index (χ1n) is 6.72. The molecule has 18 heavy (non-hydrogen) atoms. The summed E-state index contributed by atoms with van der Waals surface area (Å²) in [6, 6.07) is 4.76. The normalized spacial score (nSPS) is 27.7. The van der Waals surface area contributed by atoms with Crippen molar-refractivity contribution in [1.82, 2.24) is 10.3 Å². The van der Waals surface area contributed by atoms with E-state index >= 15 is 0 Å². The zero-order valence-corrected chi connectivity index (χ0v) is 10.3. The maximum absolute atomic E-state index is 5.43. The summed E-state index contributed by atoms with van der Waals surface area (Å²) in [5.74, 6) is 0.797. The third-order valence-corrected chi connectivity index (χ3v) is 4.31. The lowest BCUT2D eigenvalue weighted by molar-refractivity contribution is 0.376. The van der Waals surface area contributed by atoms with Crippen LogP contribution in [0.1, 0.15) is 12.8 Å². The zero-order chi connectivity index (χ0) is 11.9. The molecule has 2 atom stereocenters. The second-order valence-corrected chi connectivity index (χ2v) is 5.34. The average Bonchev–Trinajstić information content (AvgIpc) is 3.05. The van der Waals surface area contributed by atoms with E-state index in [-0.39, 0.29) is 0 Å². The number of fused-ring (bicyclic) bond motifs is 2. The number of pyridine rings is 1. The van der Waals surface area contributed by atoms with E-state index in [1.54, 1.807) is 6.26 Å². The van der Waals surface area contributed by atoms with Crippen LogP contribution >= 0.6 is 0 Å². The van der Waals surface area contributed by atoms with Gasteiger partial charge in [-0.15, -0.1) is 0 Å². The van der Waals surface area contributed by atoms with Gasteiger partial charge < -0.3 is 14.6 Å². The number of aromatic nitrogens is 1. The van der Waals surface area contributed by atoms with E-state index in [1.165, 1.54) is 25.1 Å². The summed E-state index contributed by atoms with van der Waals surface area (Å²) in [5, 5.41) is 3.60. The topological polar surface area (TPSA) is 41.3 Å². The smallest absolute Gasteiger partial charge is 0.154 e. The second kappa shape index (κ2) is 3.99. The molecule has 0 bridgehead atoms. The summed E-state index contributed by atoms with van der Waals surface area (Å²) < 4.78 is 5.43. The zero-order valence-electron chi connectivity index (χ0n) is 10.3. The van der Waals surface area contributed by atoms with Crippen molar-refractivity contribution >= 4 is 16.8 Å². The molecule has 0 spiro atoms. The van der Waals surface area contributed by atoms with Crippen molar-refractivity contribution in [3.63, 3.8) is 0 Å². The highest BCUT2D eigenvalue weighted by molar-refractivity contribution is 5.76. The number of hydrogen-bond donors (Lipinski definition) is 1. The Morgan fingerprint density at radius 1 is 1.39 bits per heavy atom. The van der Waals surface area contributed by atoms with E-state index in [0.29, 0.717) is 0 Å². The maximum atomic E-state index is 5.43. The molecule has 0 radical (unpaired) electrons. The van der Waals surface area contributed by atoms with Gasteiger partial charge >= 0.3 is 0 Å². The highest BCUT2D eigenvalue weighted by Gasteiger charge is 2.32. The van der Waals surface area contributed by atoms with Gasteiger partial charge in [0.1, 0.15) is 5.52 Å². The van der Waals surface area contributed by atoms with Crippen molar-refractivity contribution in [3.8, 4) is 0 Å². The number of piperidine rings is 1. The number of anilines is 1. The van der Waals surface area contributed by atoms with Gasteiger partial charge in [0.05, 0.1) is 18.1 Å². The Kier molecular flexibility index (Phi) is 2.30. The van der Waals surface area contributed by atoms with Crippen LogP contribution < -0.4 is 10.2 Å². The molecule has 94 valence electrons. The Balaban J connectivity index is 1.62. The Morgan fingerprint density at radius 2 is 2.39 bits per heavy atom. The minimum atomic E-state index is 0.738. The van der Waals surface area contributed by atoms with Gasteiger partial charge in [0.2, 0.25) is 0 Å². The lowest BCUT2D eigenvalue weighted by Gasteiger charge is -2.36. The van der Waals surface area contributed by atoms with Crippen LogP contribution in [-0.2, 0) is 0 Å². The first-order chi connectivity index (χ1) is 8.90. The number of rotatable bonds is 1. The fraction of sp³-hybridized carbons (Fsp3) is 0.500. The minimum Gasteiger partial charge on any atom is -0.463 e. The maximum Gasteiger partial charge on any atom is 0.154 e. The van der Waals surface area contributed by atoms with E-state index < -0.39 is 0 Å². The molecule has 0 aromatic carbocycles. The summed E-state index contributed by atoms with van der Waals surface area (Å²) in [7, 11) is 0. The number of furan rings is 1. The van der Waals surface area contributed by atoms with Crippen molar-refractivity contribution in [3.05, 3.63) is 24.6 Å². The molecule has 2 aromatic heterocycles. The fourth-order valence-electron chi connectivity index (χ4n) is 3.29. The molecule has 4 heterocycles. The standard InChI is InChI=1S/C14H17N3O/c1-4-15-12-2-5-17(9-10(1)12)11-7-14-13(16-8-11)3-6-18-14/h3,6-8,10,12,15H,1-2,4-5,9H2. The molecule has 2 aliphatic rings. The van der Waals surface area contributed by atoms with E-state index in [0.717, 1.165) is 36.1 Å². The van der Waals surface area contributed by atoms with E-state index in [1.807, 2.05) is 12.3 Å². The molecule has 1 N–H and O–H groups in total. The van der Waals surface area contributed by atoms with Gasteiger partial charge in [0.15, 0.2) is 5.58 Å². The largest absolute Gasteiger partial charge is 0.463 e. The van der Waals surface area contributed by atoms with Crippen molar-refractivity contribution in [2.45, 2.75) is 18.9 Å². The quantitative estimate of drug-likeness (QED) is 0.832. The molecular formula is C14H17N3O. The fourth-order valence-corrected chi connectivity index (χ4v) is 3.29. The highest BCUT2D eigenvalue weighted by Crippen LogP contribution is 2.29. The summed E-state index contributed by atoms with van der Waals surface area (Å²) in [5.41, 5.74) is 3.03. The highest BCUT2D eigenvalue weighted by atomic mass is 16.3. The van der Waals surface area contributed by atoms with Crippen LogP contribution in [0.5, 0.6) is 0 Å². The van der Waals surface area contributed by atoms with Crippen LogP contribution in [0.4, 0.5) is 5.69 Å². The molecule has 2 aliphatic heterocycles. The summed E-state index contributed by atoms with van der Waals surface area (Å²) in [6.45, 7) is 3.44. The van der Waals surface area contributed by atoms with Crippen LogP contribution in [-0.4, -0.2) is 30.7 Å². The molecule has 4 heteroatoms. The van der Waals surface area contributed by atoms with Gasteiger partial charge in [0.25, 0.3) is 0 Å². The van der Waals surface area contributed by atoms with Crippen LogP contribution in [0, 0.1) is 5.92 Å². The Labute approximate surface area is 106 Å². The molecular weight excluding hydrogens is 226 g/mol. The SMILES string of the molecule is c1cc2ncc(N3CCC4NCCC4C3)cc2o1. The van der Waals surface area contributed by atoms with Crippen molar-refractivity contribution in [2.75, 3.05) is 24.5 Å². The van der Waals surface area contributed by atoms with E-state index in [2.05, 4.69) is 21.3 Å². The van der Waals surface area contributed by atoms with Crippen molar-refractivity contribution in [1.29, 1.82) is 0 Å². The number of hydrogen-bond acceptors (Lipinski definition) is 4. The number of nitrogens with zero attached hydrogens (tertiary/aromatic N) is 2. The van der Waals surface area contributed by atoms with Crippen LogP contribution in [0.15, 0.2) is 29.0 Å². The van der Waals surface area contributed by atoms with Gasteiger partial charge in [0, 0.05) is 31.3 Å². The van der Waals surface area contributed by atoms with Crippen LogP contribution in [0.2, 0.25) is 0 Å². The van der Waals surface area contributed by atoms with Gasteiger partial charge in [-0.05, 0) is 25.3 Å². The lowest BCUT2D eigenvalue weighted by Crippen LogP contribution is -2.44. The third kappa shape index (κ3) is 1.60. The van der Waals surface area contributed by atoms with Crippen LogP contribution in [0.25, 0.3) is 11.1 Å². The Hall–Kier alpha value is -1.55. The summed E-state index contributed by atoms with van der Waals surface area (Å²) in [4.78, 5) is 6.90. The van der Waals surface area contributed by atoms with Crippen molar-refractivity contribution in [2.24, 2.45) is 5.92 Å². The summed E-state index contributed by atoms with van der Waals surface area (Å²) in [6.07, 6.45) is 6.22. The Bertz CT molecular complexity index is 565. The van der Waals surface area contributed by atoms with Crippen LogP contribution in [0.3, 0.4) is 0 Å². The molecule has 0 amide bonds. The predicted octanol–water partition coefficient (Wildman–Crippen LogP) is 2.02. The van der Waals surface area contributed by atoms with Crippen molar-refractivity contribution < 1.29 is 4.42 Å².